The fraction of sp³-hybridized carbons (Fsp3) is 0.214. The summed E-state index contributed by atoms with van der Waals surface area (Å²) in [7, 11) is 0. The first-order valence-corrected chi connectivity index (χ1v) is 7.10. The van der Waals surface area contributed by atoms with Crippen LogP contribution in [0.4, 0.5) is 10.1 Å². The third-order valence-electron chi connectivity index (χ3n) is 2.79. The van der Waals surface area contributed by atoms with Crippen molar-refractivity contribution in [1.29, 1.82) is 0 Å². The molecule has 1 unspecified atom stereocenters. The summed E-state index contributed by atoms with van der Waals surface area (Å²) >= 11 is 9.40. The molecule has 2 nitrogen and oxygen atoms in total. The van der Waals surface area contributed by atoms with Crippen LogP contribution in [0.2, 0.25) is 5.15 Å². The Hall–Kier alpha value is -1.13. The average molecular weight is 344 g/mol. The molecular formula is C14H13BrClFN2. The summed E-state index contributed by atoms with van der Waals surface area (Å²) in [6.45, 7) is 2.03. The molecule has 0 saturated heterocycles. The van der Waals surface area contributed by atoms with E-state index >= 15 is 0 Å². The first kappa shape index (κ1) is 14.3. The number of nitrogens with one attached hydrogen (secondary N) is 1. The Morgan fingerprint density at radius 2 is 2.21 bits per heavy atom. The molecular weight excluding hydrogens is 331 g/mol. The maximum absolute atomic E-state index is 13.3. The summed E-state index contributed by atoms with van der Waals surface area (Å²) in [5, 5.41) is 3.69. The van der Waals surface area contributed by atoms with Gasteiger partial charge >= 0.3 is 0 Å². The molecule has 1 N–H and O–H groups in total. The van der Waals surface area contributed by atoms with E-state index in [1.165, 1.54) is 12.1 Å². The van der Waals surface area contributed by atoms with Crippen molar-refractivity contribution < 1.29 is 4.39 Å². The Morgan fingerprint density at radius 3 is 2.89 bits per heavy atom. The minimum absolute atomic E-state index is 0.00991. The Bertz CT molecular complexity index is 577. The molecule has 19 heavy (non-hydrogen) atoms. The summed E-state index contributed by atoms with van der Waals surface area (Å²) in [5.74, 6) is -0.240. The Morgan fingerprint density at radius 1 is 1.42 bits per heavy atom. The molecule has 2 aromatic rings. The SMILES string of the molecule is CCC(Nc1cc(Br)cnc1Cl)c1cccc(F)c1. The van der Waals surface area contributed by atoms with E-state index < -0.39 is 0 Å². The highest BCUT2D eigenvalue weighted by Crippen LogP contribution is 2.28. The molecule has 0 radical (unpaired) electrons. The second kappa shape index (κ2) is 6.35. The van der Waals surface area contributed by atoms with Crippen LogP contribution >= 0.6 is 27.5 Å². The number of pyridine rings is 1. The van der Waals surface area contributed by atoms with Crippen LogP contribution in [0, 0.1) is 5.82 Å². The van der Waals surface area contributed by atoms with E-state index in [0.717, 1.165) is 22.1 Å². The van der Waals surface area contributed by atoms with E-state index in [1.54, 1.807) is 12.3 Å². The van der Waals surface area contributed by atoms with Crippen molar-refractivity contribution in [3.63, 3.8) is 0 Å². The largest absolute Gasteiger partial charge is 0.376 e. The van der Waals surface area contributed by atoms with Crippen molar-refractivity contribution in [3.05, 3.63) is 57.5 Å². The number of aromatic nitrogens is 1. The second-order valence-corrected chi connectivity index (χ2v) is 5.43. The Balaban J connectivity index is 2.26. The van der Waals surface area contributed by atoms with Gasteiger partial charge < -0.3 is 5.32 Å². The summed E-state index contributed by atoms with van der Waals surface area (Å²) in [6, 6.07) is 8.41. The zero-order chi connectivity index (χ0) is 13.8. The fourth-order valence-corrected chi connectivity index (χ4v) is 2.35. The van der Waals surface area contributed by atoms with Crippen molar-refractivity contribution in [2.45, 2.75) is 19.4 Å². The van der Waals surface area contributed by atoms with E-state index in [2.05, 4.69) is 26.2 Å². The van der Waals surface area contributed by atoms with Crippen molar-refractivity contribution in [2.75, 3.05) is 5.32 Å². The zero-order valence-corrected chi connectivity index (χ0v) is 12.7. The second-order valence-electron chi connectivity index (χ2n) is 4.15. The van der Waals surface area contributed by atoms with Crippen molar-refractivity contribution in [1.82, 2.24) is 4.98 Å². The predicted octanol–water partition coefficient (Wildman–Crippen LogP) is 5.20. The van der Waals surface area contributed by atoms with Gasteiger partial charge in [0.1, 0.15) is 5.82 Å². The van der Waals surface area contributed by atoms with Crippen LogP contribution in [0.25, 0.3) is 0 Å². The lowest BCUT2D eigenvalue weighted by molar-refractivity contribution is 0.621. The molecule has 0 spiro atoms. The molecule has 1 heterocycles. The highest BCUT2D eigenvalue weighted by molar-refractivity contribution is 9.10. The lowest BCUT2D eigenvalue weighted by Gasteiger charge is -2.19. The standard InChI is InChI=1S/C14H13BrClFN2/c1-2-12(9-4-3-5-11(17)6-9)19-13-7-10(15)8-18-14(13)16/h3-8,12,19H,2H2,1H3. The first-order valence-electron chi connectivity index (χ1n) is 5.93. The number of nitrogens with zero attached hydrogens (tertiary/aromatic N) is 1. The van der Waals surface area contributed by atoms with Gasteiger partial charge in [-0.1, -0.05) is 30.7 Å². The smallest absolute Gasteiger partial charge is 0.152 e. The molecule has 2 rings (SSSR count). The number of anilines is 1. The maximum atomic E-state index is 13.3. The number of hydrogen-bond donors (Lipinski definition) is 1. The number of halogens is 3. The highest BCUT2D eigenvalue weighted by atomic mass is 79.9. The monoisotopic (exact) mass is 342 g/mol. The summed E-state index contributed by atoms with van der Waals surface area (Å²) in [6.07, 6.45) is 2.45. The van der Waals surface area contributed by atoms with Gasteiger partial charge in [-0.15, -0.1) is 0 Å². The van der Waals surface area contributed by atoms with Gasteiger partial charge in [-0.2, -0.15) is 0 Å². The molecule has 100 valence electrons. The number of rotatable bonds is 4. The average Bonchev–Trinajstić information content (AvgIpc) is 2.39. The topological polar surface area (TPSA) is 24.9 Å². The van der Waals surface area contributed by atoms with Gasteiger partial charge in [-0.3, -0.25) is 0 Å². The molecule has 1 aromatic heterocycles. The van der Waals surface area contributed by atoms with E-state index in [-0.39, 0.29) is 11.9 Å². The quantitative estimate of drug-likeness (QED) is 0.772. The van der Waals surface area contributed by atoms with Crippen LogP contribution in [0.5, 0.6) is 0 Å². The summed E-state index contributed by atoms with van der Waals surface area (Å²) < 4.78 is 14.1. The zero-order valence-electron chi connectivity index (χ0n) is 10.3. The fourth-order valence-electron chi connectivity index (χ4n) is 1.86. The van der Waals surface area contributed by atoms with Gasteiger partial charge in [-0.05, 0) is 46.1 Å². The minimum Gasteiger partial charge on any atom is -0.376 e. The van der Waals surface area contributed by atoms with Gasteiger partial charge in [0, 0.05) is 10.7 Å². The normalized spacial score (nSPS) is 12.2. The Kier molecular flexibility index (Phi) is 4.77. The molecule has 1 aromatic carbocycles. The van der Waals surface area contributed by atoms with Gasteiger partial charge in [0.15, 0.2) is 5.15 Å². The number of hydrogen-bond acceptors (Lipinski definition) is 2. The van der Waals surface area contributed by atoms with Gasteiger partial charge in [0.2, 0.25) is 0 Å². The lowest BCUT2D eigenvalue weighted by atomic mass is 10.0. The van der Waals surface area contributed by atoms with Crippen LogP contribution in [0.1, 0.15) is 24.9 Å². The minimum atomic E-state index is -0.240. The van der Waals surface area contributed by atoms with Gasteiger partial charge in [0.05, 0.1) is 11.7 Å². The lowest BCUT2D eigenvalue weighted by Crippen LogP contribution is -2.10. The highest BCUT2D eigenvalue weighted by Gasteiger charge is 2.12. The molecule has 0 fully saturated rings. The third-order valence-corrected chi connectivity index (χ3v) is 3.53. The van der Waals surface area contributed by atoms with Crippen molar-refractivity contribution in [2.24, 2.45) is 0 Å². The summed E-state index contributed by atoms with van der Waals surface area (Å²) in [5.41, 5.74) is 1.62. The van der Waals surface area contributed by atoms with E-state index in [4.69, 9.17) is 11.6 Å². The predicted molar refractivity (Wildman–Crippen MR) is 80.0 cm³/mol. The van der Waals surface area contributed by atoms with Crippen LogP contribution in [0.15, 0.2) is 41.0 Å². The van der Waals surface area contributed by atoms with E-state index in [9.17, 15) is 4.39 Å². The summed E-state index contributed by atoms with van der Waals surface area (Å²) in [4.78, 5) is 4.06. The van der Waals surface area contributed by atoms with Crippen LogP contribution in [0.3, 0.4) is 0 Å². The molecule has 0 saturated carbocycles. The van der Waals surface area contributed by atoms with Crippen LogP contribution in [-0.2, 0) is 0 Å². The number of benzene rings is 1. The molecule has 0 aliphatic heterocycles. The Labute approximate surface area is 125 Å². The first-order chi connectivity index (χ1) is 9.10. The van der Waals surface area contributed by atoms with Gasteiger partial charge in [-0.25, -0.2) is 9.37 Å². The molecule has 0 amide bonds. The van der Waals surface area contributed by atoms with E-state index in [1.807, 2.05) is 19.1 Å². The van der Waals surface area contributed by atoms with Crippen molar-refractivity contribution >= 4 is 33.2 Å². The van der Waals surface area contributed by atoms with Crippen molar-refractivity contribution in [3.8, 4) is 0 Å². The maximum Gasteiger partial charge on any atom is 0.152 e. The molecule has 5 heteroatoms. The molecule has 0 bridgehead atoms. The molecule has 0 aliphatic carbocycles. The third kappa shape index (κ3) is 3.67. The van der Waals surface area contributed by atoms with E-state index in [0.29, 0.717) is 5.15 Å². The molecule has 1 atom stereocenters. The van der Waals surface area contributed by atoms with Crippen LogP contribution < -0.4 is 5.32 Å². The van der Waals surface area contributed by atoms with Gasteiger partial charge in [0.25, 0.3) is 0 Å². The molecule has 0 aliphatic rings. The van der Waals surface area contributed by atoms with Crippen LogP contribution in [-0.4, -0.2) is 4.98 Å².